The number of carbonyl (C=O) groups is 1. The number of hydrogen-bond acceptors (Lipinski definition) is 7. The van der Waals surface area contributed by atoms with Gasteiger partial charge in [-0.3, -0.25) is 4.79 Å². The van der Waals surface area contributed by atoms with Crippen LogP contribution in [0.4, 0.5) is 5.69 Å². The highest BCUT2D eigenvalue weighted by Gasteiger charge is 2.16. The molecule has 0 atom stereocenters. The largest absolute Gasteiger partial charge is 0.483 e. The average molecular weight is 501 g/mol. The molecule has 0 aliphatic heterocycles. The van der Waals surface area contributed by atoms with Gasteiger partial charge in [-0.05, 0) is 54.3 Å². The summed E-state index contributed by atoms with van der Waals surface area (Å²) in [4.78, 5) is 16.9. The number of anilines is 1. The maximum Gasteiger partial charge on any atom is 0.262 e. The molecule has 0 bridgehead atoms. The van der Waals surface area contributed by atoms with Crippen molar-refractivity contribution in [2.75, 3.05) is 18.5 Å². The molecule has 9 nitrogen and oxygen atoms in total. The number of rotatable bonds is 11. The Bertz CT molecular complexity index is 1250. The van der Waals surface area contributed by atoms with Crippen molar-refractivity contribution in [2.45, 2.75) is 51.9 Å². The van der Waals surface area contributed by atoms with Gasteiger partial charge >= 0.3 is 0 Å². The van der Waals surface area contributed by atoms with Gasteiger partial charge in [0.1, 0.15) is 5.75 Å². The second kappa shape index (κ2) is 11.5. The van der Waals surface area contributed by atoms with E-state index in [4.69, 9.17) is 9.26 Å². The van der Waals surface area contributed by atoms with Crippen LogP contribution in [0.5, 0.6) is 5.75 Å². The highest BCUT2D eigenvalue weighted by Crippen LogP contribution is 2.22. The number of sulfonamides is 1. The van der Waals surface area contributed by atoms with Gasteiger partial charge in [-0.1, -0.05) is 45.0 Å². The summed E-state index contributed by atoms with van der Waals surface area (Å²) in [5.74, 6) is 1.72. The van der Waals surface area contributed by atoms with E-state index in [1.165, 1.54) is 12.1 Å². The molecule has 0 spiro atoms. The molecule has 2 aromatic carbocycles. The van der Waals surface area contributed by atoms with E-state index in [9.17, 15) is 13.2 Å². The van der Waals surface area contributed by atoms with E-state index in [0.717, 1.165) is 5.56 Å². The molecule has 0 saturated carbocycles. The third-order valence-corrected chi connectivity index (χ3v) is 6.50. The first-order chi connectivity index (χ1) is 16.5. The normalized spacial score (nSPS) is 11.7. The number of amides is 1. The Morgan fingerprint density at radius 3 is 2.40 bits per heavy atom. The van der Waals surface area contributed by atoms with Crippen molar-refractivity contribution >= 4 is 21.6 Å². The highest BCUT2D eigenvalue weighted by atomic mass is 32.2. The smallest absolute Gasteiger partial charge is 0.262 e. The monoisotopic (exact) mass is 500 g/mol. The maximum atomic E-state index is 12.4. The molecule has 35 heavy (non-hydrogen) atoms. The van der Waals surface area contributed by atoms with Crippen LogP contribution in [0.15, 0.2) is 51.9 Å². The second-order valence-electron chi connectivity index (χ2n) is 9.09. The lowest BCUT2D eigenvalue weighted by Gasteiger charge is -2.13. The molecular formula is C25H32N4O5S. The fraction of sp³-hybridized carbons (Fsp3) is 0.400. The fourth-order valence-electron chi connectivity index (χ4n) is 3.11. The topological polar surface area (TPSA) is 123 Å². The number of carbonyl (C=O) groups excluding carboxylic acids is 1. The Labute approximate surface area is 206 Å². The van der Waals surface area contributed by atoms with Gasteiger partial charge in [0.05, 0.1) is 4.90 Å². The van der Waals surface area contributed by atoms with Crippen LogP contribution >= 0.6 is 0 Å². The molecule has 0 saturated heterocycles. The van der Waals surface area contributed by atoms with Crippen LogP contribution in [0.2, 0.25) is 0 Å². The quantitative estimate of drug-likeness (QED) is 0.407. The first-order valence-electron chi connectivity index (χ1n) is 11.5. The molecule has 0 aliphatic carbocycles. The van der Waals surface area contributed by atoms with Crippen molar-refractivity contribution in [3.63, 3.8) is 0 Å². The van der Waals surface area contributed by atoms with Crippen LogP contribution in [-0.4, -0.2) is 37.6 Å². The standard InChI is InChI=1S/C25H32N4O5S/c1-16(2)14-26-35(31,32)21-10-11-22(18(5)12-21)33-15-24(30)27-20-8-6-19(7-9-20)13-23-28-25(17(3)4)34-29-23/h6-12,16-17,26H,13-15H2,1-5H3,(H,27,30). The van der Waals surface area contributed by atoms with E-state index in [1.807, 2.05) is 39.8 Å². The summed E-state index contributed by atoms with van der Waals surface area (Å²) in [6.07, 6.45) is 0.533. The van der Waals surface area contributed by atoms with E-state index in [0.29, 0.717) is 41.7 Å². The van der Waals surface area contributed by atoms with Crippen LogP contribution < -0.4 is 14.8 Å². The predicted octanol–water partition coefficient (Wildman–Crippen LogP) is 4.04. The van der Waals surface area contributed by atoms with Gasteiger partial charge in [0.15, 0.2) is 12.4 Å². The van der Waals surface area contributed by atoms with Crippen LogP contribution in [0.25, 0.3) is 0 Å². The molecule has 1 heterocycles. The van der Waals surface area contributed by atoms with Crippen LogP contribution in [-0.2, 0) is 21.2 Å². The summed E-state index contributed by atoms with van der Waals surface area (Å²) in [6, 6.07) is 11.9. The molecule has 3 rings (SSSR count). The van der Waals surface area contributed by atoms with Crippen LogP contribution in [0.1, 0.15) is 56.5 Å². The summed E-state index contributed by atoms with van der Waals surface area (Å²) >= 11 is 0. The van der Waals surface area contributed by atoms with E-state index in [1.54, 1.807) is 25.1 Å². The molecule has 188 valence electrons. The molecule has 0 fully saturated rings. The summed E-state index contributed by atoms with van der Waals surface area (Å²) in [5.41, 5.74) is 2.24. The lowest BCUT2D eigenvalue weighted by atomic mass is 10.1. The SMILES string of the molecule is Cc1cc(S(=O)(=O)NCC(C)C)ccc1OCC(=O)Nc1ccc(Cc2noc(C(C)C)n2)cc1. The summed E-state index contributed by atoms with van der Waals surface area (Å²) < 4.78 is 38.2. The number of ether oxygens (including phenoxy) is 1. The molecule has 1 aromatic heterocycles. The first kappa shape index (κ1) is 26.4. The molecule has 10 heteroatoms. The van der Waals surface area contributed by atoms with Gasteiger partial charge in [-0.25, -0.2) is 13.1 Å². The third-order valence-electron chi connectivity index (χ3n) is 5.07. The van der Waals surface area contributed by atoms with Crippen molar-refractivity contribution in [2.24, 2.45) is 5.92 Å². The average Bonchev–Trinajstić information content (AvgIpc) is 3.27. The number of nitrogens with one attached hydrogen (secondary N) is 2. The van der Waals surface area contributed by atoms with Crippen LogP contribution in [0.3, 0.4) is 0 Å². The minimum atomic E-state index is -3.59. The molecule has 0 unspecified atom stereocenters. The summed E-state index contributed by atoms with van der Waals surface area (Å²) in [6.45, 7) is 9.74. The second-order valence-corrected chi connectivity index (χ2v) is 10.9. The number of hydrogen-bond donors (Lipinski definition) is 2. The molecule has 0 aliphatic rings. The molecule has 3 aromatic rings. The fourth-order valence-corrected chi connectivity index (χ4v) is 4.41. The van der Waals surface area contributed by atoms with Crippen molar-refractivity contribution < 1.29 is 22.5 Å². The predicted molar refractivity (Wildman–Crippen MR) is 133 cm³/mol. The minimum absolute atomic E-state index is 0.161. The zero-order valence-corrected chi connectivity index (χ0v) is 21.5. The zero-order chi connectivity index (χ0) is 25.6. The van der Waals surface area contributed by atoms with Gasteiger partial charge < -0.3 is 14.6 Å². The highest BCUT2D eigenvalue weighted by molar-refractivity contribution is 7.89. The van der Waals surface area contributed by atoms with Gasteiger partial charge in [-0.2, -0.15) is 4.98 Å². The van der Waals surface area contributed by atoms with E-state index < -0.39 is 10.0 Å². The Morgan fingerprint density at radius 1 is 1.09 bits per heavy atom. The number of nitrogens with zero attached hydrogens (tertiary/aromatic N) is 2. The number of aromatic nitrogens is 2. The lowest BCUT2D eigenvalue weighted by Crippen LogP contribution is -2.27. The van der Waals surface area contributed by atoms with Crippen molar-refractivity contribution in [1.82, 2.24) is 14.9 Å². The summed E-state index contributed by atoms with van der Waals surface area (Å²) in [7, 11) is -3.59. The van der Waals surface area contributed by atoms with Gasteiger partial charge in [0.2, 0.25) is 15.9 Å². The van der Waals surface area contributed by atoms with Gasteiger partial charge in [0, 0.05) is 24.6 Å². The van der Waals surface area contributed by atoms with Crippen molar-refractivity contribution in [3.05, 3.63) is 65.3 Å². The minimum Gasteiger partial charge on any atom is -0.483 e. The maximum absolute atomic E-state index is 12.4. The van der Waals surface area contributed by atoms with E-state index in [2.05, 4.69) is 20.2 Å². The Balaban J connectivity index is 1.52. The Kier molecular flexibility index (Phi) is 8.63. The molecule has 2 N–H and O–H groups in total. The van der Waals surface area contributed by atoms with Gasteiger partial charge in [0.25, 0.3) is 5.91 Å². The molecular weight excluding hydrogens is 468 g/mol. The van der Waals surface area contributed by atoms with Gasteiger partial charge in [-0.15, -0.1) is 0 Å². The first-order valence-corrected chi connectivity index (χ1v) is 13.0. The zero-order valence-electron chi connectivity index (χ0n) is 20.7. The Morgan fingerprint density at radius 2 is 1.80 bits per heavy atom. The third kappa shape index (κ3) is 7.63. The van der Waals surface area contributed by atoms with Crippen LogP contribution in [0, 0.1) is 12.8 Å². The Hall–Kier alpha value is -3.24. The molecule has 1 amide bonds. The van der Waals surface area contributed by atoms with Crippen molar-refractivity contribution in [1.29, 1.82) is 0 Å². The lowest BCUT2D eigenvalue weighted by molar-refractivity contribution is -0.118. The number of aryl methyl sites for hydroxylation is 1. The van der Waals surface area contributed by atoms with Crippen molar-refractivity contribution in [3.8, 4) is 5.75 Å². The van der Waals surface area contributed by atoms with E-state index in [-0.39, 0.29) is 29.2 Å². The van der Waals surface area contributed by atoms with E-state index >= 15 is 0 Å². The summed E-state index contributed by atoms with van der Waals surface area (Å²) in [5, 5.41) is 6.77. The number of benzene rings is 2. The molecule has 0 radical (unpaired) electrons.